The second kappa shape index (κ2) is 8.46. The minimum absolute atomic E-state index is 0.422. The van der Waals surface area contributed by atoms with E-state index >= 15 is 0 Å². The van der Waals surface area contributed by atoms with Crippen molar-refractivity contribution in [2.45, 2.75) is 19.9 Å². The third-order valence-electron chi connectivity index (χ3n) is 3.68. The molecule has 1 atom stereocenters. The highest BCUT2D eigenvalue weighted by Crippen LogP contribution is 2.20. The Labute approximate surface area is 162 Å². The third kappa shape index (κ3) is 5.15. The van der Waals surface area contributed by atoms with Crippen molar-refractivity contribution in [3.63, 3.8) is 0 Å². The number of nitrogens with one attached hydrogen (secondary N) is 1. The van der Waals surface area contributed by atoms with Gasteiger partial charge in [-0.3, -0.25) is 9.10 Å². The van der Waals surface area contributed by atoms with Gasteiger partial charge < -0.3 is 0 Å². The van der Waals surface area contributed by atoms with E-state index in [4.69, 9.17) is 0 Å². The monoisotopic (exact) mass is 437 g/mol. The average Bonchev–Trinajstić information content (AvgIpc) is 2.59. The van der Waals surface area contributed by atoms with Crippen molar-refractivity contribution < 1.29 is 13.2 Å². The summed E-state index contributed by atoms with van der Waals surface area (Å²) in [6.45, 7) is 3.28. The average molecular weight is 438 g/mol. The quantitative estimate of drug-likeness (QED) is 0.556. The number of amides is 1. The van der Waals surface area contributed by atoms with E-state index in [0.29, 0.717) is 11.4 Å². The topological polar surface area (TPSA) is 78.8 Å². The van der Waals surface area contributed by atoms with E-state index in [2.05, 4.69) is 26.5 Å². The first-order valence-corrected chi connectivity index (χ1v) is 10.5. The van der Waals surface area contributed by atoms with Crippen LogP contribution in [0.25, 0.3) is 0 Å². The minimum atomic E-state index is -3.64. The summed E-state index contributed by atoms with van der Waals surface area (Å²) in [5.41, 5.74) is 4.32. The molecule has 26 heavy (non-hydrogen) atoms. The van der Waals surface area contributed by atoms with Crippen LogP contribution in [0.2, 0.25) is 0 Å². The molecule has 138 valence electrons. The number of carbonyl (C=O) groups excluding carboxylic acids is 1. The van der Waals surface area contributed by atoms with Gasteiger partial charge in [0, 0.05) is 4.47 Å². The molecule has 1 unspecified atom stereocenters. The van der Waals surface area contributed by atoms with Crippen LogP contribution in [0.4, 0.5) is 5.69 Å². The van der Waals surface area contributed by atoms with Crippen LogP contribution in [0.5, 0.6) is 0 Å². The number of para-hydroxylation sites is 1. The molecule has 0 saturated carbocycles. The number of hydrazone groups is 1. The number of hydrogen-bond acceptors (Lipinski definition) is 4. The summed E-state index contributed by atoms with van der Waals surface area (Å²) in [5.74, 6) is -0.520. The highest BCUT2D eigenvalue weighted by Gasteiger charge is 2.28. The number of nitrogens with zero attached hydrogens (tertiary/aromatic N) is 2. The van der Waals surface area contributed by atoms with E-state index in [0.717, 1.165) is 20.6 Å². The van der Waals surface area contributed by atoms with E-state index in [1.54, 1.807) is 37.3 Å². The van der Waals surface area contributed by atoms with Crippen molar-refractivity contribution in [1.82, 2.24) is 5.43 Å². The molecule has 0 aliphatic heterocycles. The molecule has 0 saturated heterocycles. The van der Waals surface area contributed by atoms with Gasteiger partial charge in [0.15, 0.2) is 0 Å². The number of sulfonamides is 1. The summed E-state index contributed by atoms with van der Waals surface area (Å²) >= 11 is 3.38. The van der Waals surface area contributed by atoms with Gasteiger partial charge in [-0.1, -0.05) is 46.3 Å². The standard InChI is InChI=1S/C18H20BrN3O3S/c1-13(15-8-7-9-16(19)12-15)20-21-18(23)14(2)22(26(3,24)25)17-10-5-4-6-11-17/h4-12,14H,1-3H3,(H,21,23). The molecule has 0 bridgehead atoms. The van der Waals surface area contributed by atoms with Gasteiger partial charge in [-0.25, -0.2) is 13.8 Å². The molecule has 2 aromatic carbocycles. The lowest BCUT2D eigenvalue weighted by Gasteiger charge is -2.27. The molecule has 1 amide bonds. The molecule has 0 radical (unpaired) electrons. The van der Waals surface area contributed by atoms with Crippen LogP contribution in [0.1, 0.15) is 19.4 Å². The summed E-state index contributed by atoms with van der Waals surface area (Å²) in [5, 5.41) is 4.09. The lowest BCUT2D eigenvalue weighted by Crippen LogP contribution is -2.46. The summed E-state index contributed by atoms with van der Waals surface area (Å²) in [6.07, 6.45) is 1.07. The van der Waals surface area contributed by atoms with Gasteiger partial charge in [-0.2, -0.15) is 5.10 Å². The first-order chi connectivity index (χ1) is 12.2. The van der Waals surface area contributed by atoms with E-state index < -0.39 is 22.0 Å². The predicted molar refractivity (Wildman–Crippen MR) is 108 cm³/mol. The second-order valence-electron chi connectivity index (χ2n) is 5.75. The minimum Gasteiger partial charge on any atom is -0.271 e. The van der Waals surface area contributed by atoms with Crippen molar-refractivity contribution >= 4 is 43.3 Å². The van der Waals surface area contributed by atoms with Gasteiger partial charge in [0.05, 0.1) is 17.7 Å². The smallest absolute Gasteiger partial charge is 0.263 e. The highest BCUT2D eigenvalue weighted by molar-refractivity contribution is 9.10. The molecule has 8 heteroatoms. The Bertz CT molecular complexity index is 914. The van der Waals surface area contributed by atoms with E-state index in [9.17, 15) is 13.2 Å². The molecule has 0 aliphatic rings. The van der Waals surface area contributed by atoms with Crippen LogP contribution in [0, 0.1) is 0 Å². The molecular weight excluding hydrogens is 418 g/mol. The van der Waals surface area contributed by atoms with Crippen molar-refractivity contribution in [2.75, 3.05) is 10.6 Å². The zero-order valence-corrected chi connectivity index (χ0v) is 17.1. The van der Waals surface area contributed by atoms with Crippen molar-refractivity contribution in [1.29, 1.82) is 0 Å². The van der Waals surface area contributed by atoms with Crippen LogP contribution >= 0.6 is 15.9 Å². The largest absolute Gasteiger partial charge is 0.271 e. The van der Waals surface area contributed by atoms with E-state index in [1.807, 2.05) is 24.3 Å². The summed E-state index contributed by atoms with van der Waals surface area (Å²) < 4.78 is 26.3. The molecule has 0 aliphatic carbocycles. The van der Waals surface area contributed by atoms with Crippen molar-refractivity contribution in [3.05, 3.63) is 64.6 Å². The van der Waals surface area contributed by atoms with Gasteiger partial charge >= 0.3 is 0 Å². The molecule has 1 N–H and O–H groups in total. The van der Waals surface area contributed by atoms with Crippen molar-refractivity contribution in [2.24, 2.45) is 5.10 Å². The number of rotatable bonds is 6. The molecule has 0 aromatic heterocycles. The molecular formula is C18H20BrN3O3S. The Kier molecular flexibility index (Phi) is 6.55. The van der Waals surface area contributed by atoms with Gasteiger partial charge in [0.25, 0.3) is 5.91 Å². The summed E-state index contributed by atoms with van der Waals surface area (Å²) in [4.78, 5) is 12.5. The van der Waals surface area contributed by atoms with Crippen LogP contribution in [-0.4, -0.2) is 32.3 Å². The number of hydrogen-bond donors (Lipinski definition) is 1. The highest BCUT2D eigenvalue weighted by atomic mass is 79.9. The fourth-order valence-corrected chi connectivity index (χ4v) is 3.97. The fourth-order valence-electron chi connectivity index (χ4n) is 2.39. The third-order valence-corrected chi connectivity index (χ3v) is 5.41. The second-order valence-corrected chi connectivity index (χ2v) is 8.53. The molecule has 2 aromatic rings. The normalized spacial score (nSPS) is 13.2. The fraction of sp³-hybridized carbons (Fsp3) is 0.222. The number of anilines is 1. The molecule has 6 nitrogen and oxygen atoms in total. The predicted octanol–water partition coefficient (Wildman–Crippen LogP) is 3.14. The summed E-state index contributed by atoms with van der Waals surface area (Å²) in [7, 11) is -3.64. The maximum atomic E-state index is 12.5. The Morgan fingerprint density at radius 3 is 2.38 bits per heavy atom. The van der Waals surface area contributed by atoms with Gasteiger partial charge in [-0.15, -0.1) is 0 Å². The lowest BCUT2D eigenvalue weighted by molar-refractivity contribution is -0.121. The number of halogens is 1. The van der Waals surface area contributed by atoms with Gasteiger partial charge in [-0.05, 0) is 43.7 Å². The van der Waals surface area contributed by atoms with E-state index in [1.165, 1.54) is 6.92 Å². The maximum Gasteiger partial charge on any atom is 0.263 e. The number of benzene rings is 2. The van der Waals surface area contributed by atoms with Gasteiger partial charge in [0.2, 0.25) is 10.0 Å². The molecule has 0 spiro atoms. The van der Waals surface area contributed by atoms with Crippen LogP contribution in [0.15, 0.2) is 64.2 Å². The first kappa shape index (κ1) is 20.1. The Hall–Kier alpha value is -2.19. The van der Waals surface area contributed by atoms with Gasteiger partial charge in [0.1, 0.15) is 6.04 Å². The molecule has 0 fully saturated rings. The zero-order chi connectivity index (χ0) is 19.3. The molecule has 0 heterocycles. The Balaban J connectivity index is 2.20. The summed E-state index contributed by atoms with van der Waals surface area (Å²) in [6, 6.07) is 15.0. The Morgan fingerprint density at radius 1 is 1.15 bits per heavy atom. The van der Waals surface area contributed by atoms with Crippen LogP contribution in [-0.2, 0) is 14.8 Å². The van der Waals surface area contributed by atoms with Crippen LogP contribution < -0.4 is 9.73 Å². The van der Waals surface area contributed by atoms with E-state index in [-0.39, 0.29) is 0 Å². The SMILES string of the molecule is CC(=NNC(=O)C(C)N(c1ccccc1)S(C)(=O)=O)c1cccc(Br)c1. The maximum absolute atomic E-state index is 12.5. The molecule has 2 rings (SSSR count). The van der Waals surface area contributed by atoms with Crippen molar-refractivity contribution in [3.8, 4) is 0 Å². The first-order valence-electron chi connectivity index (χ1n) is 7.84. The lowest BCUT2D eigenvalue weighted by atomic mass is 10.1. The number of carbonyl (C=O) groups is 1. The Morgan fingerprint density at radius 2 is 1.81 bits per heavy atom. The van der Waals surface area contributed by atoms with Crippen LogP contribution in [0.3, 0.4) is 0 Å². The zero-order valence-electron chi connectivity index (χ0n) is 14.7.